The Hall–Kier alpha value is -6.25. The van der Waals surface area contributed by atoms with E-state index in [1.54, 1.807) is 68.2 Å². The van der Waals surface area contributed by atoms with Crippen molar-refractivity contribution in [2.45, 2.75) is 70.4 Å². The van der Waals surface area contributed by atoms with E-state index in [4.69, 9.17) is 33.3 Å². The van der Waals surface area contributed by atoms with Gasteiger partial charge in [-0.1, -0.05) is 24.3 Å². The first-order valence-electron chi connectivity index (χ1n) is 26.9. The van der Waals surface area contributed by atoms with Crippen LogP contribution in [0.25, 0.3) is 21.5 Å². The molecule has 2 aliphatic heterocycles. The van der Waals surface area contributed by atoms with Crippen LogP contribution in [0.1, 0.15) is 51.2 Å². The number of carbonyl (C=O) groups is 1. The first-order valence-corrected chi connectivity index (χ1v) is 34.3. The average molecular weight is 1330 g/mol. The Bertz CT molecular complexity index is 4140. The molecule has 7 N–H and O–H groups in total. The van der Waals surface area contributed by atoms with Gasteiger partial charge in [-0.05, 0) is 92.4 Å². The van der Waals surface area contributed by atoms with Gasteiger partial charge in [-0.15, -0.1) is 4.73 Å². The molecule has 2 aliphatic rings. The monoisotopic (exact) mass is 1330 g/mol. The van der Waals surface area contributed by atoms with Crippen molar-refractivity contribution in [3.63, 3.8) is 0 Å². The lowest BCUT2D eigenvalue weighted by Gasteiger charge is -2.30. The molecular weight excluding hydrogens is 1260 g/mol. The number of ether oxygens (including phenoxy) is 6. The summed E-state index contributed by atoms with van der Waals surface area (Å²) in [4.78, 5) is 15.3. The summed E-state index contributed by atoms with van der Waals surface area (Å²) in [7, 11) is -23.3. The van der Waals surface area contributed by atoms with Crippen LogP contribution in [-0.2, 0) is 94.6 Å². The van der Waals surface area contributed by atoms with Crippen LogP contribution >= 0.6 is 0 Å². The molecule has 1 unspecified atom stereocenters. The quantitative estimate of drug-likeness (QED) is 0.0128. The predicted octanol–water partition coefficient (Wildman–Crippen LogP) is 4.79. The van der Waals surface area contributed by atoms with E-state index in [1.165, 1.54) is 19.2 Å². The van der Waals surface area contributed by atoms with Crippen molar-refractivity contribution >= 4 is 95.2 Å². The molecule has 1 aromatic heterocycles. The van der Waals surface area contributed by atoms with Crippen molar-refractivity contribution in [2.75, 3.05) is 104 Å². The highest BCUT2D eigenvalue weighted by Crippen LogP contribution is 2.54. The van der Waals surface area contributed by atoms with Gasteiger partial charge >= 0.3 is 5.97 Å². The lowest BCUT2D eigenvalue weighted by Crippen LogP contribution is -2.31. The van der Waals surface area contributed by atoms with Gasteiger partial charge < -0.3 is 48.4 Å². The molecule has 4 aromatic carbocycles. The molecular formula is C55H68N3O25S5+. The smallest absolute Gasteiger partial charge is 0.335 e. The van der Waals surface area contributed by atoms with Crippen molar-refractivity contribution in [1.82, 2.24) is 4.73 Å². The zero-order valence-electron chi connectivity index (χ0n) is 48.0. The lowest BCUT2D eigenvalue weighted by atomic mass is 9.75. The van der Waals surface area contributed by atoms with Gasteiger partial charge in [0.25, 0.3) is 50.6 Å². The van der Waals surface area contributed by atoms with E-state index in [0.717, 1.165) is 24.3 Å². The average Bonchev–Trinajstić information content (AvgIpc) is 1.77. The zero-order valence-corrected chi connectivity index (χ0v) is 52.1. The maximum absolute atomic E-state index is 12.8. The maximum atomic E-state index is 12.8. The van der Waals surface area contributed by atoms with Crippen molar-refractivity contribution < 1.29 is 118 Å². The van der Waals surface area contributed by atoms with Gasteiger partial charge in [0.1, 0.15) is 16.4 Å². The van der Waals surface area contributed by atoms with E-state index in [9.17, 15) is 79.9 Å². The molecule has 0 radical (unpaired) electrons. The van der Waals surface area contributed by atoms with Crippen LogP contribution in [0.3, 0.4) is 0 Å². The summed E-state index contributed by atoms with van der Waals surface area (Å²) in [6.07, 6.45) is 8.05. The minimum Gasteiger partial charge on any atom is -0.492 e. The minimum atomic E-state index is -5.12. The zero-order chi connectivity index (χ0) is 64.6. The van der Waals surface area contributed by atoms with E-state index < -0.39 is 104 Å². The molecule has 88 heavy (non-hydrogen) atoms. The number of benzene rings is 4. The number of aromatic nitrogens is 1. The Balaban J connectivity index is 1.09. The topological polar surface area (TPSA) is 405 Å². The predicted molar refractivity (Wildman–Crippen MR) is 317 cm³/mol. The first kappa shape index (κ1) is 69.2. The van der Waals surface area contributed by atoms with Gasteiger partial charge in [-0.2, -0.15) is 46.7 Å². The second-order valence-corrected chi connectivity index (χ2v) is 28.0. The van der Waals surface area contributed by atoms with Crippen molar-refractivity contribution in [1.29, 1.82) is 0 Å². The third-order valence-corrected chi connectivity index (χ3v) is 18.8. The molecule has 7 rings (SSSR count). The standard InChI is InChI=1S/C55H67N3O25S5/c1-54(2)47(9-6-5-7-10-48-55(3,18-8-32-84(62,63)64)53-42-34-38(86(68,69)70)36-46(88(74,75)76)40(42)12-14-44(53)57(48)19-22-77-4)56(43-13-11-39-41(52(43)54)33-37(85(65,66)67)35-45(39)87(71,72)73)20-23-79-25-27-81-29-31-82-30-28-80-26-24-78-21-17-51(61)83-58-49(59)15-16-50(58)60/h5-7,9-16,33-36H,8,17-32H2,1-4H3,(H6-,59,60,62,63,64,65,66,67,68,69,70,71,72,73,74,75,76)/p+1. The van der Waals surface area contributed by atoms with Gasteiger partial charge in [0, 0.05) is 71.1 Å². The van der Waals surface area contributed by atoms with Crippen LogP contribution < -0.4 is 9.74 Å². The Morgan fingerprint density at radius 1 is 0.580 bits per heavy atom. The Labute approximate surface area is 508 Å². The summed E-state index contributed by atoms with van der Waals surface area (Å²) in [6, 6.07) is 11.7. The third kappa shape index (κ3) is 16.6. The number of methoxy groups -OCH3 is 1. The van der Waals surface area contributed by atoms with Crippen LogP contribution in [0.5, 0.6) is 11.8 Å². The number of aromatic hydroxyl groups is 2. The van der Waals surface area contributed by atoms with Gasteiger partial charge in [-0.25, -0.2) is 4.79 Å². The SMILES string of the molecule is COCCN1C(=CC=CC=CC2=[N+](CCOCCOCCOCCOCCOCCC(=O)On3c(O)ccc3O)c3ccc4c(S(=O)(=O)O)cc(S(=O)(=O)O)cc4c3C2(C)C)C(C)(CCCS(=O)(=O)O)c2c1ccc1c(S(=O)(=O)O)cc(S(=O)(=O)O)cc21. The fourth-order valence-electron chi connectivity index (χ4n) is 10.7. The summed E-state index contributed by atoms with van der Waals surface area (Å²) < 4.78 is 212. The van der Waals surface area contributed by atoms with E-state index in [-0.39, 0.29) is 127 Å². The Morgan fingerprint density at radius 2 is 1.08 bits per heavy atom. The van der Waals surface area contributed by atoms with Gasteiger partial charge in [0.2, 0.25) is 17.4 Å². The molecule has 0 aliphatic carbocycles. The molecule has 0 fully saturated rings. The molecule has 0 bridgehead atoms. The van der Waals surface area contributed by atoms with Crippen molar-refractivity contribution in [2.24, 2.45) is 0 Å². The highest BCUT2D eigenvalue weighted by atomic mass is 32.2. The molecule has 0 saturated carbocycles. The molecule has 33 heteroatoms. The van der Waals surface area contributed by atoms with Crippen molar-refractivity contribution in [3.05, 3.63) is 108 Å². The van der Waals surface area contributed by atoms with Crippen molar-refractivity contribution in [3.8, 4) is 11.8 Å². The number of anilines is 1. The number of rotatable bonds is 33. The van der Waals surface area contributed by atoms with Crippen LogP contribution in [0.2, 0.25) is 0 Å². The van der Waals surface area contributed by atoms with Gasteiger partial charge in [-0.3, -0.25) is 22.8 Å². The van der Waals surface area contributed by atoms with E-state index >= 15 is 0 Å². The number of nitrogens with zero attached hydrogens (tertiary/aromatic N) is 3. The number of fused-ring (bicyclic) bond motifs is 6. The Kier molecular flexibility index (Phi) is 22.3. The summed E-state index contributed by atoms with van der Waals surface area (Å²) in [5.74, 6) is -2.30. The molecule has 0 spiro atoms. The van der Waals surface area contributed by atoms with E-state index in [2.05, 4.69) is 0 Å². The molecule has 0 amide bonds. The van der Waals surface area contributed by atoms with Crippen LogP contribution in [0, 0.1) is 0 Å². The van der Waals surface area contributed by atoms with E-state index in [0.29, 0.717) is 50.8 Å². The molecule has 3 heterocycles. The molecule has 0 saturated heterocycles. The fourth-order valence-corrected chi connectivity index (χ4v) is 13.9. The number of hydrogen-bond donors (Lipinski definition) is 7. The molecule has 28 nitrogen and oxygen atoms in total. The lowest BCUT2D eigenvalue weighted by molar-refractivity contribution is -0.442. The largest absolute Gasteiger partial charge is 0.492 e. The fraction of sp³-hybridized carbons (Fsp3) is 0.418. The number of hydrogen-bond acceptors (Lipinski definition) is 21. The Morgan fingerprint density at radius 3 is 1.58 bits per heavy atom. The first-order chi connectivity index (χ1) is 41.2. The van der Waals surface area contributed by atoms with Crippen LogP contribution in [-0.4, -0.2) is 195 Å². The van der Waals surface area contributed by atoms with Gasteiger partial charge in [0.15, 0.2) is 12.3 Å². The number of carbonyl (C=O) groups excluding carboxylic acids is 1. The second kappa shape index (κ2) is 28.3. The minimum absolute atomic E-state index is 0.0101. The summed E-state index contributed by atoms with van der Waals surface area (Å²) in [5, 5.41) is 19.1. The van der Waals surface area contributed by atoms with E-state index in [1.807, 2.05) is 4.58 Å². The highest BCUT2D eigenvalue weighted by Gasteiger charge is 2.47. The highest BCUT2D eigenvalue weighted by molar-refractivity contribution is 7.87. The summed E-state index contributed by atoms with van der Waals surface area (Å²) in [6.45, 7) is 7.56. The maximum Gasteiger partial charge on any atom is 0.335 e. The van der Waals surface area contributed by atoms with Crippen LogP contribution in [0.15, 0.2) is 116 Å². The summed E-state index contributed by atoms with van der Waals surface area (Å²) in [5.41, 5.74) is 0.342. The molecule has 1 atom stereocenters. The number of allylic oxidation sites excluding steroid dienone is 6. The summed E-state index contributed by atoms with van der Waals surface area (Å²) >= 11 is 0. The third-order valence-electron chi connectivity index (χ3n) is 14.5. The molecule has 5 aromatic rings. The van der Waals surface area contributed by atoms with Crippen LogP contribution in [0.4, 0.5) is 11.4 Å². The second-order valence-electron chi connectivity index (χ2n) is 20.8. The molecule has 482 valence electrons. The normalized spacial score (nSPS) is 17.0. The van der Waals surface area contributed by atoms with Gasteiger partial charge in [0.05, 0.1) is 93.4 Å².